The molecule has 0 bridgehead atoms. The van der Waals surface area contributed by atoms with E-state index in [1.807, 2.05) is 12.1 Å². The van der Waals surface area contributed by atoms with E-state index in [0.29, 0.717) is 28.2 Å². The molecule has 0 spiro atoms. The van der Waals surface area contributed by atoms with Crippen LogP contribution >= 0.6 is 12.4 Å². The maximum Gasteiger partial charge on any atom is 0.268 e. The molecule has 0 unspecified atom stereocenters. The van der Waals surface area contributed by atoms with Gasteiger partial charge in [-0.05, 0) is 26.0 Å². The van der Waals surface area contributed by atoms with Crippen LogP contribution in [0.3, 0.4) is 0 Å². The first kappa shape index (κ1) is 15.8. The van der Waals surface area contributed by atoms with Gasteiger partial charge in [0.2, 0.25) is 0 Å². The zero-order chi connectivity index (χ0) is 15.0. The highest BCUT2D eigenvalue weighted by molar-refractivity contribution is 5.85. The molecule has 0 saturated carbocycles. The molecule has 22 heavy (non-hydrogen) atoms. The fourth-order valence-corrected chi connectivity index (χ4v) is 2.59. The molecule has 4 N–H and O–H groups in total. The molecular formula is C14H16ClN5O2. The maximum absolute atomic E-state index is 12.1. The van der Waals surface area contributed by atoms with Crippen LogP contribution in [0.5, 0.6) is 0 Å². The van der Waals surface area contributed by atoms with E-state index < -0.39 is 5.92 Å². The molecule has 3 aromatic rings. The average molecular weight is 322 g/mol. The molecule has 0 fully saturated rings. The van der Waals surface area contributed by atoms with E-state index in [1.165, 1.54) is 0 Å². The number of H-pyrrole nitrogens is 4. The van der Waals surface area contributed by atoms with Crippen LogP contribution < -0.4 is 11.1 Å². The maximum atomic E-state index is 12.1. The smallest absolute Gasteiger partial charge is 0.268 e. The second-order valence-electron chi connectivity index (χ2n) is 4.92. The monoisotopic (exact) mass is 321 g/mol. The van der Waals surface area contributed by atoms with Gasteiger partial charge >= 0.3 is 0 Å². The molecule has 0 aromatic carbocycles. The van der Waals surface area contributed by atoms with Gasteiger partial charge in [0.15, 0.2) is 0 Å². The van der Waals surface area contributed by atoms with Gasteiger partial charge in [-0.2, -0.15) is 0 Å². The second kappa shape index (κ2) is 6.07. The van der Waals surface area contributed by atoms with E-state index in [2.05, 4.69) is 25.4 Å². The molecule has 3 rings (SSSR count). The van der Waals surface area contributed by atoms with Crippen LogP contribution in [0.25, 0.3) is 0 Å². The van der Waals surface area contributed by atoms with Crippen molar-refractivity contribution in [2.75, 3.05) is 0 Å². The van der Waals surface area contributed by atoms with Crippen molar-refractivity contribution in [3.8, 4) is 0 Å². The van der Waals surface area contributed by atoms with Crippen LogP contribution in [0.2, 0.25) is 0 Å². The zero-order valence-electron chi connectivity index (χ0n) is 12.1. The lowest BCUT2D eigenvalue weighted by atomic mass is 9.88. The number of nitrogens with zero attached hydrogens (tertiary/aromatic N) is 1. The van der Waals surface area contributed by atoms with Gasteiger partial charge in [0.1, 0.15) is 0 Å². The first-order valence-corrected chi connectivity index (χ1v) is 6.54. The Hall–Kier alpha value is -2.54. The predicted octanol–water partition coefficient (Wildman–Crippen LogP) is 1.33. The number of rotatable bonds is 3. The summed E-state index contributed by atoms with van der Waals surface area (Å²) in [5, 5.41) is 10.7. The van der Waals surface area contributed by atoms with Crippen molar-refractivity contribution >= 4 is 12.4 Å². The zero-order valence-corrected chi connectivity index (χ0v) is 12.9. The molecule has 3 aromatic heterocycles. The lowest BCUT2D eigenvalue weighted by Crippen LogP contribution is -2.21. The Bertz CT molecular complexity index is 820. The summed E-state index contributed by atoms with van der Waals surface area (Å²) in [5.74, 6) is -0.517. The van der Waals surface area contributed by atoms with Crippen molar-refractivity contribution in [2.24, 2.45) is 0 Å². The minimum absolute atomic E-state index is 0. The quantitative estimate of drug-likeness (QED) is 0.584. The Kier molecular flexibility index (Phi) is 4.37. The van der Waals surface area contributed by atoms with Gasteiger partial charge in [-0.25, -0.2) is 0 Å². The van der Waals surface area contributed by atoms with E-state index in [9.17, 15) is 9.59 Å². The van der Waals surface area contributed by atoms with Crippen LogP contribution in [0, 0.1) is 13.8 Å². The van der Waals surface area contributed by atoms with Gasteiger partial charge in [-0.15, -0.1) is 12.4 Å². The van der Waals surface area contributed by atoms with Gasteiger partial charge < -0.3 is 10.2 Å². The molecule has 0 aliphatic heterocycles. The molecule has 0 saturated heterocycles. The molecular weight excluding hydrogens is 306 g/mol. The van der Waals surface area contributed by atoms with Crippen LogP contribution in [0.4, 0.5) is 0 Å². The third kappa shape index (κ3) is 2.50. The number of halogens is 1. The summed E-state index contributed by atoms with van der Waals surface area (Å²) in [4.78, 5) is 28.6. The highest BCUT2D eigenvalue weighted by Crippen LogP contribution is 2.29. The standard InChI is InChI=1S/C14H15N5O2.ClH/c1-7-10(13(20)18-16-7)12(9-5-3-4-6-15-9)11-8(2)17-19-14(11)21;/h3-6,12H,1-2H3,(H2,16,18,20)(H2,17,19,21);1H. The number of hydrogen-bond acceptors (Lipinski definition) is 3. The number of nitrogens with one attached hydrogen (secondary N) is 4. The van der Waals surface area contributed by atoms with Crippen molar-refractivity contribution in [2.45, 2.75) is 19.8 Å². The number of aromatic amines is 4. The third-order valence-corrected chi connectivity index (χ3v) is 3.59. The van der Waals surface area contributed by atoms with Crippen LogP contribution in [0.1, 0.15) is 34.1 Å². The summed E-state index contributed by atoms with van der Waals surface area (Å²) in [5.41, 5.74) is 2.54. The summed E-state index contributed by atoms with van der Waals surface area (Å²) >= 11 is 0. The fraction of sp³-hybridized carbons (Fsp3) is 0.214. The first-order chi connectivity index (χ1) is 10.1. The minimum Gasteiger partial charge on any atom is -0.302 e. The van der Waals surface area contributed by atoms with Gasteiger partial charge in [0.05, 0.1) is 22.7 Å². The SMILES string of the molecule is Cc1[nH][nH]c(=O)c1C(c1ccccn1)c1c(C)[nH][nH]c1=O.Cl. The first-order valence-electron chi connectivity index (χ1n) is 6.54. The summed E-state index contributed by atoms with van der Waals surface area (Å²) in [6.45, 7) is 3.58. The normalized spacial score (nSPS) is 10.7. The van der Waals surface area contributed by atoms with E-state index in [4.69, 9.17) is 0 Å². The van der Waals surface area contributed by atoms with Gasteiger partial charge in [0, 0.05) is 17.6 Å². The van der Waals surface area contributed by atoms with Gasteiger partial charge in [-0.1, -0.05) is 6.07 Å². The van der Waals surface area contributed by atoms with Crippen LogP contribution in [-0.4, -0.2) is 25.4 Å². The van der Waals surface area contributed by atoms with Crippen molar-refractivity contribution in [3.05, 3.63) is 73.3 Å². The Labute approximate surface area is 131 Å². The Balaban J connectivity index is 0.00000176. The molecule has 0 atom stereocenters. The molecule has 0 aliphatic rings. The Morgan fingerprint density at radius 1 is 0.909 bits per heavy atom. The van der Waals surface area contributed by atoms with Crippen LogP contribution in [0.15, 0.2) is 34.0 Å². The molecule has 3 heterocycles. The van der Waals surface area contributed by atoms with Crippen LogP contribution in [-0.2, 0) is 0 Å². The van der Waals surface area contributed by atoms with E-state index >= 15 is 0 Å². The highest BCUT2D eigenvalue weighted by Gasteiger charge is 2.28. The molecule has 0 amide bonds. The van der Waals surface area contributed by atoms with Crippen molar-refractivity contribution < 1.29 is 0 Å². The van der Waals surface area contributed by atoms with Gasteiger partial charge in [0.25, 0.3) is 11.1 Å². The van der Waals surface area contributed by atoms with E-state index in [1.54, 1.807) is 26.1 Å². The number of hydrogen-bond donors (Lipinski definition) is 4. The molecule has 8 heteroatoms. The van der Waals surface area contributed by atoms with Crippen molar-refractivity contribution in [1.82, 2.24) is 25.4 Å². The summed E-state index contributed by atoms with van der Waals surface area (Å²) in [6, 6.07) is 5.44. The Morgan fingerprint density at radius 2 is 1.45 bits per heavy atom. The molecule has 7 nitrogen and oxygen atoms in total. The third-order valence-electron chi connectivity index (χ3n) is 3.59. The molecule has 116 valence electrons. The van der Waals surface area contributed by atoms with Gasteiger partial charge in [-0.3, -0.25) is 24.8 Å². The summed E-state index contributed by atoms with van der Waals surface area (Å²) < 4.78 is 0. The molecule has 0 radical (unpaired) electrons. The summed E-state index contributed by atoms with van der Waals surface area (Å²) in [6.07, 6.45) is 1.65. The number of pyridine rings is 1. The number of aromatic nitrogens is 5. The fourth-order valence-electron chi connectivity index (χ4n) is 2.59. The lowest BCUT2D eigenvalue weighted by molar-refractivity contribution is 0.885. The van der Waals surface area contributed by atoms with Crippen molar-refractivity contribution in [3.63, 3.8) is 0 Å². The molecule has 0 aliphatic carbocycles. The highest BCUT2D eigenvalue weighted by atomic mass is 35.5. The predicted molar refractivity (Wildman–Crippen MR) is 84.7 cm³/mol. The van der Waals surface area contributed by atoms with Crippen molar-refractivity contribution in [1.29, 1.82) is 0 Å². The topological polar surface area (TPSA) is 110 Å². The minimum atomic E-state index is -0.517. The largest absolute Gasteiger partial charge is 0.302 e. The van der Waals surface area contributed by atoms with E-state index in [0.717, 1.165) is 0 Å². The second-order valence-corrected chi connectivity index (χ2v) is 4.92. The Morgan fingerprint density at radius 3 is 1.82 bits per heavy atom. The average Bonchev–Trinajstić information content (AvgIpc) is 2.98. The summed E-state index contributed by atoms with van der Waals surface area (Å²) in [7, 11) is 0. The number of aryl methyl sites for hydroxylation is 2. The lowest BCUT2D eigenvalue weighted by Gasteiger charge is -2.14. The van der Waals surface area contributed by atoms with E-state index in [-0.39, 0.29) is 23.5 Å².